The summed E-state index contributed by atoms with van der Waals surface area (Å²) < 4.78 is 7.73. The maximum absolute atomic E-state index is 12.8. The van der Waals surface area contributed by atoms with Crippen LogP contribution in [0.25, 0.3) is 22.4 Å². The number of hydrogen-bond donors (Lipinski definition) is 3. The third-order valence-electron chi connectivity index (χ3n) is 6.74. The van der Waals surface area contributed by atoms with Gasteiger partial charge < -0.3 is 14.6 Å². The molecule has 3 N–H and O–H groups in total. The lowest BCUT2D eigenvalue weighted by Gasteiger charge is -2.31. The van der Waals surface area contributed by atoms with E-state index in [2.05, 4.69) is 31.9 Å². The largest absolute Gasteiger partial charge is 0.493 e. The summed E-state index contributed by atoms with van der Waals surface area (Å²) in [5, 5.41) is 13.2. The van der Waals surface area contributed by atoms with Crippen molar-refractivity contribution in [1.29, 1.82) is 0 Å². The summed E-state index contributed by atoms with van der Waals surface area (Å²) in [6.07, 6.45) is 6.29. The van der Waals surface area contributed by atoms with E-state index in [-0.39, 0.29) is 11.1 Å². The third-order valence-corrected chi connectivity index (χ3v) is 6.74. The molecule has 12 heteroatoms. The number of carbonyl (C=O) groups is 1. The van der Waals surface area contributed by atoms with Crippen LogP contribution in [0, 0.1) is 5.92 Å². The molecule has 1 fully saturated rings. The second-order valence-corrected chi connectivity index (χ2v) is 9.41. The number of nitrogens with zero attached hydrogens (tertiary/aromatic N) is 6. The van der Waals surface area contributed by atoms with Crippen LogP contribution in [0.4, 0.5) is 5.95 Å². The molecular formula is C26H30N8O4. The number of amides is 1. The molecule has 0 unspecified atom stereocenters. The number of ether oxygens (including phenoxy) is 1. The fourth-order valence-corrected chi connectivity index (χ4v) is 4.70. The average Bonchev–Trinajstić information content (AvgIpc) is 3.27. The van der Waals surface area contributed by atoms with Crippen LogP contribution in [0.3, 0.4) is 0 Å². The quantitative estimate of drug-likeness (QED) is 0.236. The fraction of sp³-hybridized carbons (Fsp3) is 0.385. The lowest BCUT2D eigenvalue weighted by molar-refractivity contribution is 0.0705. The lowest BCUT2D eigenvalue weighted by atomic mass is 9.98. The smallest absolute Gasteiger partial charge is 0.277 e. The second-order valence-electron chi connectivity index (χ2n) is 9.41. The van der Waals surface area contributed by atoms with Crippen molar-refractivity contribution in [3.05, 3.63) is 58.3 Å². The number of aryl methyl sites for hydroxylation is 2. The molecule has 5 rings (SSSR count). The number of aromatic amines is 1. The molecule has 12 nitrogen and oxygen atoms in total. The summed E-state index contributed by atoms with van der Waals surface area (Å²) in [5.74, 6) is 1.50. The zero-order chi connectivity index (χ0) is 26.6. The van der Waals surface area contributed by atoms with E-state index in [9.17, 15) is 9.59 Å². The van der Waals surface area contributed by atoms with Gasteiger partial charge in [-0.05, 0) is 37.3 Å². The third kappa shape index (κ3) is 5.21. The topological polar surface area (TPSA) is 151 Å². The maximum Gasteiger partial charge on any atom is 0.277 e. The fourth-order valence-electron chi connectivity index (χ4n) is 4.70. The van der Waals surface area contributed by atoms with E-state index in [1.807, 2.05) is 24.3 Å². The van der Waals surface area contributed by atoms with Gasteiger partial charge in [0, 0.05) is 38.1 Å². The zero-order valence-corrected chi connectivity index (χ0v) is 21.3. The van der Waals surface area contributed by atoms with Crippen LogP contribution in [0.1, 0.15) is 42.2 Å². The molecule has 38 heavy (non-hydrogen) atoms. The number of rotatable bonds is 8. The van der Waals surface area contributed by atoms with Crippen molar-refractivity contribution < 1.29 is 14.7 Å². The number of hydroxylamine groups is 1. The molecule has 3 aromatic heterocycles. The molecule has 198 valence electrons. The minimum absolute atomic E-state index is 0.197. The van der Waals surface area contributed by atoms with Gasteiger partial charge in [-0.1, -0.05) is 25.5 Å². The Kier molecular flexibility index (Phi) is 7.31. The van der Waals surface area contributed by atoms with E-state index >= 15 is 0 Å². The average molecular weight is 519 g/mol. The molecule has 0 aliphatic carbocycles. The van der Waals surface area contributed by atoms with E-state index in [4.69, 9.17) is 14.9 Å². The van der Waals surface area contributed by atoms with Gasteiger partial charge in [-0.3, -0.25) is 19.5 Å². The highest BCUT2D eigenvalue weighted by molar-refractivity contribution is 5.92. The Morgan fingerprint density at radius 3 is 2.71 bits per heavy atom. The lowest BCUT2D eigenvalue weighted by Crippen LogP contribution is -2.36. The molecule has 1 aliphatic rings. The Bertz CT molecular complexity index is 1490. The molecule has 0 spiro atoms. The van der Waals surface area contributed by atoms with Gasteiger partial charge in [0.05, 0.1) is 17.9 Å². The number of benzene rings is 1. The number of piperidine rings is 1. The molecule has 1 amide bonds. The first-order chi connectivity index (χ1) is 18.5. The highest BCUT2D eigenvalue weighted by Crippen LogP contribution is 2.25. The van der Waals surface area contributed by atoms with Gasteiger partial charge in [0.1, 0.15) is 17.1 Å². The molecule has 0 bridgehead atoms. The predicted molar refractivity (Wildman–Crippen MR) is 140 cm³/mol. The van der Waals surface area contributed by atoms with Gasteiger partial charge in [-0.25, -0.2) is 20.4 Å². The van der Waals surface area contributed by atoms with Crippen LogP contribution < -0.4 is 20.7 Å². The van der Waals surface area contributed by atoms with Crippen molar-refractivity contribution in [3.63, 3.8) is 0 Å². The van der Waals surface area contributed by atoms with Gasteiger partial charge in [0.15, 0.2) is 5.52 Å². The van der Waals surface area contributed by atoms with E-state index in [0.29, 0.717) is 41.1 Å². The highest BCUT2D eigenvalue weighted by Gasteiger charge is 2.22. The van der Waals surface area contributed by atoms with Crippen molar-refractivity contribution in [3.8, 4) is 17.1 Å². The van der Waals surface area contributed by atoms with Crippen molar-refractivity contribution in [2.24, 2.45) is 13.0 Å². The Morgan fingerprint density at radius 1 is 1.24 bits per heavy atom. The molecule has 4 heterocycles. The van der Waals surface area contributed by atoms with Crippen LogP contribution in [0.5, 0.6) is 5.75 Å². The second kappa shape index (κ2) is 11.0. The van der Waals surface area contributed by atoms with Crippen molar-refractivity contribution in [2.45, 2.75) is 32.6 Å². The summed E-state index contributed by atoms with van der Waals surface area (Å²) >= 11 is 0. The van der Waals surface area contributed by atoms with Crippen LogP contribution in [0.15, 0.2) is 41.5 Å². The Morgan fingerprint density at radius 2 is 2.00 bits per heavy atom. The first kappa shape index (κ1) is 25.3. The number of nitrogens with one attached hydrogen (secondary N) is 2. The minimum Gasteiger partial charge on any atom is -0.493 e. The van der Waals surface area contributed by atoms with Crippen LogP contribution >= 0.6 is 0 Å². The summed E-state index contributed by atoms with van der Waals surface area (Å²) in [5.41, 5.74) is 4.28. The summed E-state index contributed by atoms with van der Waals surface area (Å²) in [6, 6.07) is 7.60. The van der Waals surface area contributed by atoms with E-state index in [1.54, 1.807) is 17.2 Å². The number of hydrogen-bond acceptors (Lipinski definition) is 9. The molecule has 0 atom stereocenters. The first-order valence-electron chi connectivity index (χ1n) is 12.7. The Labute approximate surface area is 218 Å². The van der Waals surface area contributed by atoms with Crippen molar-refractivity contribution >= 4 is 22.9 Å². The van der Waals surface area contributed by atoms with Crippen LogP contribution in [-0.4, -0.2) is 60.5 Å². The number of fused-ring (bicyclic) bond motifs is 1. The number of carbonyl (C=O) groups excluding carboxylic acids is 1. The Balaban J connectivity index is 1.22. The van der Waals surface area contributed by atoms with Crippen LogP contribution in [0.2, 0.25) is 0 Å². The minimum atomic E-state index is -0.641. The van der Waals surface area contributed by atoms with Gasteiger partial charge in [-0.15, -0.1) is 0 Å². The molecule has 1 saturated heterocycles. The normalized spacial score (nSPS) is 14.1. The van der Waals surface area contributed by atoms with Crippen molar-refractivity contribution in [1.82, 2.24) is 35.2 Å². The van der Waals surface area contributed by atoms with Crippen molar-refractivity contribution in [2.75, 3.05) is 24.6 Å². The van der Waals surface area contributed by atoms with Gasteiger partial charge in [0.2, 0.25) is 5.95 Å². The zero-order valence-electron chi connectivity index (χ0n) is 21.3. The Hall–Kier alpha value is -4.32. The van der Waals surface area contributed by atoms with Gasteiger partial charge in [0.25, 0.3) is 11.5 Å². The maximum atomic E-state index is 12.8. The summed E-state index contributed by atoms with van der Waals surface area (Å²) in [6.45, 7) is 4.19. The van der Waals surface area contributed by atoms with Gasteiger partial charge >= 0.3 is 0 Å². The van der Waals surface area contributed by atoms with Crippen LogP contribution in [-0.2, 0) is 13.5 Å². The summed E-state index contributed by atoms with van der Waals surface area (Å²) in [7, 11) is 1.76. The van der Waals surface area contributed by atoms with Gasteiger partial charge in [-0.2, -0.15) is 5.10 Å². The highest BCUT2D eigenvalue weighted by atomic mass is 16.5. The molecule has 1 aromatic carbocycles. The number of anilines is 1. The molecule has 0 radical (unpaired) electrons. The first-order valence-corrected chi connectivity index (χ1v) is 12.7. The number of H-pyrrole nitrogens is 1. The van der Waals surface area contributed by atoms with E-state index in [1.165, 1.54) is 12.4 Å². The molecule has 1 aliphatic heterocycles. The standard InChI is InChI=1S/C26H30N8O4/c1-3-5-20-21-22(33(2)31-20)25(36)30-23(29-21)17-6-4-7-19(12-17)38-15-16-8-10-34(11-9-16)26-27-13-18(14-28-26)24(35)32-37/h4,6-7,12-14,16,37H,3,5,8-11,15H2,1-2H3,(H,32,35)(H,29,30,36). The predicted octanol–water partition coefficient (Wildman–Crippen LogP) is 2.48. The number of aromatic nitrogens is 6. The van der Waals surface area contributed by atoms with E-state index < -0.39 is 5.91 Å². The molecule has 0 saturated carbocycles. The van der Waals surface area contributed by atoms with E-state index in [0.717, 1.165) is 50.0 Å². The SMILES string of the molecule is CCCc1nn(C)c2c(=O)[nH]c(-c3cccc(OCC4CCN(c5ncc(C(=O)NO)cn5)CC4)c3)nc12. The monoisotopic (exact) mass is 518 g/mol. The molecular weight excluding hydrogens is 488 g/mol. The summed E-state index contributed by atoms with van der Waals surface area (Å²) in [4.78, 5) is 42.4. The molecule has 4 aromatic rings.